The van der Waals surface area contributed by atoms with Crippen LogP contribution in [0.15, 0.2) is 66.2 Å². The van der Waals surface area contributed by atoms with Crippen LogP contribution in [0, 0.1) is 5.92 Å². The van der Waals surface area contributed by atoms with E-state index in [-0.39, 0.29) is 24.0 Å². The monoisotopic (exact) mass is 532 g/mol. The van der Waals surface area contributed by atoms with Crippen molar-refractivity contribution in [3.63, 3.8) is 0 Å². The smallest absolute Gasteiger partial charge is 0.191 e. The summed E-state index contributed by atoms with van der Waals surface area (Å²) in [5.74, 6) is 1.40. The summed E-state index contributed by atoms with van der Waals surface area (Å²) in [6, 6.07) is 17.4. The highest BCUT2D eigenvalue weighted by atomic mass is 127. The molecule has 2 N–H and O–H groups in total. The van der Waals surface area contributed by atoms with Gasteiger partial charge in [-0.2, -0.15) is 5.10 Å². The van der Waals surface area contributed by atoms with E-state index in [2.05, 4.69) is 96.9 Å². The Bertz CT molecular complexity index is 935. The lowest BCUT2D eigenvalue weighted by atomic mass is 9.98. The molecule has 3 aromatic rings. The number of guanidine groups is 1. The zero-order valence-corrected chi connectivity index (χ0v) is 21.1. The number of benzene rings is 2. The Morgan fingerprint density at radius 1 is 1.06 bits per heavy atom. The Hall–Kier alpha value is -2.42. The predicted octanol–water partition coefficient (Wildman–Crippen LogP) is 4.71. The SMILES string of the molecule is CCNC(=NCc1ccccc1-c1ccc(Cn2cncn2)cc1)NC(C)C(C)C.I. The van der Waals surface area contributed by atoms with Crippen LogP contribution in [0.25, 0.3) is 11.1 Å². The standard InChI is InChI=1S/C24H32N6.HI/c1-5-26-24(29-19(4)18(2)3)27-14-22-8-6-7-9-23(22)21-12-10-20(11-13-21)15-30-17-25-16-28-30;/h6-13,16-19H,5,14-15H2,1-4H3,(H2,26,27,29);1H. The zero-order valence-electron chi connectivity index (χ0n) is 18.7. The molecule has 6 nitrogen and oxygen atoms in total. The van der Waals surface area contributed by atoms with E-state index in [0.29, 0.717) is 18.5 Å². The average Bonchev–Trinajstić information content (AvgIpc) is 3.26. The van der Waals surface area contributed by atoms with Crippen LogP contribution >= 0.6 is 24.0 Å². The van der Waals surface area contributed by atoms with E-state index in [1.807, 2.05) is 4.68 Å². The molecule has 1 atom stereocenters. The van der Waals surface area contributed by atoms with Crippen molar-refractivity contribution in [1.29, 1.82) is 0 Å². The van der Waals surface area contributed by atoms with Crippen LogP contribution in [0.5, 0.6) is 0 Å². The van der Waals surface area contributed by atoms with Gasteiger partial charge in [-0.25, -0.2) is 14.7 Å². The third-order valence-corrected chi connectivity index (χ3v) is 5.21. The van der Waals surface area contributed by atoms with Crippen LogP contribution < -0.4 is 10.6 Å². The lowest BCUT2D eigenvalue weighted by Gasteiger charge is -2.21. The molecule has 0 saturated carbocycles. The Morgan fingerprint density at radius 3 is 2.45 bits per heavy atom. The molecular formula is C24H33IN6. The minimum absolute atomic E-state index is 0. The predicted molar refractivity (Wildman–Crippen MR) is 139 cm³/mol. The molecule has 0 amide bonds. The van der Waals surface area contributed by atoms with Gasteiger partial charge in [-0.3, -0.25) is 0 Å². The first-order chi connectivity index (χ1) is 14.6. The molecule has 0 spiro atoms. The summed E-state index contributed by atoms with van der Waals surface area (Å²) in [6.07, 6.45) is 3.29. The van der Waals surface area contributed by atoms with Crippen LogP contribution in [-0.2, 0) is 13.1 Å². The molecule has 7 heteroatoms. The first-order valence-corrected chi connectivity index (χ1v) is 10.6. The molecule has 1 heterocycles. The van der Waals surface area contributed by atoms with Crippen molar-refractivity contribution in [2.45, 2.75) is 46.8 Å². The van der Waals surface area contributed by atoms with Gasteiger partial charge in [0, 0.05) is 12.6 Å². The highest BCUT2D eigenvalue weighted by Gasteiger charge is 2.10. The second-order valence-electron chi connectivity index (χ2n) is 7.82. The Balaban J connectivity index is 0.00000341. The van der Waals surface area contributed by atoms with Crippen molar-refractivity contribution in [1.82, 2.24) is 25.4 Å². The number of nitrogens with one attached hydrogen (secondary N) is 2. The molecule has 0 aliphatic heterocycles. The van der Waals surface area contributed by atoms with Gasteiger partial charge in [0.2, 0.25) is 0 Å². The van der Waals surface area contributed by atoms with Gasteiger partial charge in [0.05, 0.1) is 13.1 Å². The number of halogens is 1. The van der Waals surface area contributed by atoms with Crippen LogP contribution in [0.2, 0.25) is 0 Å². The molecule has 2 aromatic carbocycles. The van der Waals surface area contributed by atoms with Gasteiger partial charge in [0.25, 0.3) is 0 Å². The highest BCUT2D eigenvalue weighted by molar-refractivity contribution is 14.0. The number of aromatic nitrogens is 3. The van der Waals surface area contributed by atoms with Crippen molar-refractivity contribution in [3.05, 3.63) is 72.3 Å². The van der Waals surface area contributed by atoms with E-state index in [9.17, 15) is 0 Å². The molecule has 0 fully saturated rings. The summed E-state index contributed by atoms with van der Waals surface area (Å²) < 4.78 is 1.82. The van der Waals surface area contributed by atoms with Crippen molar-refractivity contribution < 1.29 is 0 Å². The van der Waals surface area contributed by atoms with Gasteiger partial charge in [0.15, 0.2) is 5.96 Å². The van der Waals surface area contributed by atoms with E-state index in [1.54, 1.807) is 12.7 Å². The largest absolute Gasteiger partial charge is 0.357 e. The Morgan fingerprint density at radius 2 is 1.81 bits per heavy atom. The van der Waals surface area contributed by atoms with Crippen LogP contribution in [0.3, 0.4) is 0 Å². The fourth-order valence-corrected chi connectivity index (χ4v) is 3.10. The first-order valence-electron chi connectivity index (χ1n) is 10.6. The van der Waals surface area contributed by atoms with Crippen molar-refractivity contribution >= 4 is 29.9 Å². The minimum Gasteiger partial charge on any atom is -0.357 e. The van der Waals surface area contributed by atoms with E-state index in [1.165, 1.54) is 22.3 Å². The van der Waals surface area contributed by atoms with E-state index < -0.39 is 0 Å². The second kappa shape index (κ2) is 12.4. The summed E-state index contributed by atoms with van der Waals surface area (Å²) in [7, 11) is 0. The Labute approximate surface area is 202 Å². The van der Waals surface area contributed by atoms with E-state index >= 15 is 0 Å². The van der Waals surface area contributed by atoms with Gasteiger partial charge >= 0.3 is 0 Å². The molecule has 3 rings (SSSR count). The summed E-state index contributed by atoms with van der Waals surface area (Å²) in [5.41, 5.74) is 4.80. The van der Waals surface area contributed by atoms with Crippen LogP contribution in [0.1, 0.15) is 38.8 Å². The van der Waals surface area contributed by atoms with Gasteiger partial charge < -0.3 is 10.6 Å². The van der Waals surface area contributed by atoms with Gasteiger partial charge in [-0.05, 0) is 42.0 Å². The van der Waals surface area contributed by atoms with Crippen molar-refractivity contribution in [2.24, 2.45) is 10.9 Å². The molecule has 0 radical (unpaired) electrons. The molecular weight excluding hydrogens is 499 g/mol. The number of rotatable bonds is 8. The maximum atomic E-state index is 4.84. The number of aliphatic imine (C=N–C) groups is 1. The van der Waals surface area contributed by atoms with Gasteiger partial charge in [0.1, 0.15) is 12.7 Å². The molecule has 1 unspecified atom stereocenters. The summed E-state index contributed by atoms with van der Waals surface area (Å²) >= 11 is 0. The maximum absolute atomic E-state index is 4.84. The maximum Gasteiger partial charge on any atom is 0.191 e. The Kier molecular flexibility index (Phi) is 9.97. The molecule has 31 heavy (non-hydrogen) atoms. The fraction of sp³-hybridized carbons (Fsp3) is 0.375. The van der Waals surface area contributed by atoms with Gasteiger partial charge in [-0.1, -0.05) is 62.4 Å². The van der Waals surface area contributed by atoms with E-state index in [0.717, 1.165) is 19.0 Å². The van der Waals surface area contributed by atoms with Crippen molar-refractivity contribution in [3.8, 4) is 11.1 Å². The highest BCUT2D eigenvalue weighted by Crippen LogP contribution is 2.25. The molecule has 0 bridgehead atoms. The molecule has 0 aliphatic carbocycles. The first kappa shape index (κ1) is 24.8. The zero-order chi connectivity index (χ0) is 21.3. The fourth-order valence-electron chi connectivity index (χ4n) is 3.10. The summed E-state index contributed by atoms with van der Waals surface area (Å²) in [5, 5.41) is 11.0. The van der Waals surface area contributed by atoms with Crippen molar-refractivity contribution in [2.75, 3.05) is 6.54 Å². The van der Waals surface area contributed by atoms with Gasteiger partial charge in [-0.15, -0.1) is 24.0 Å². The molecule has 1 aromatic heterocycles. The lowest BCUT2D eigenvalue weighted by molar-refractivity contribution is 0.481. The number of hydrogen-bond acceptors (Lipinski definition) is 3. The van der Waals surface area contributed by atoms with E-state index in [4.69, 9.17) is 4.99 Å². The topological polar surface area (TPSA) is 67.1 Å². The quantitative estimate of drug-likeness (QED) is 0.251. The lowest BCUT2D eigenvalue weighted by Crippen LogP contribution is -2.44. The second-order valence-corrected chi connectivity index (χ2v) is 7.82. The normalized spacial score (nSPS) is 12.4. The average molecular weight is 532 g/mol. The van der Waals surface area contributed by atoms with Crippen LogP contribution in [0.4, 0.5) is 0 Å². The molecule has 166 valence electrons. The molecule has 0 saturated heterocycles. The third-order valence-electron chi connectivity index (χ3n) is 5.21. The summed E-state index contributed by atoms with van der Waals surface area (Å²) in [4.78, 5) is 8.83. The summed E-state index contributed by atoms with van der Waals surface area (Å²) in [6.45, 7) is 10.9. The van der Waals surface area contributed by atoms with Crippen LogP contribution in [-0.4, -0.2) is 33.3 Å². The molecule has 0 aliphatic rings. The third kappa shape index (κ3) is 7.34. The number of hydrogen-bond donors (Lipinski definition) is 2. The minimum atomic E-state index is 0. The number of nitrogens with zero attached hydrogens (tertiary/aromatic N) is 4.